The van der Waals surface area contributed by atoms with E-state index in [1.807, 2.05) is 0 Å². The molecular formula is C9H12O2. The molecule has 0 aliphatic rings. The number of rotatable bonds is 3. The van der Waals surface area contributed by atoms with Crippen LogP contribution in [0, 0.1) is 0 Å². The van der Waals surface area contributed by atoms with Crippen molar-refractivity contribution in [2.75, 3.05) is 0 Å². The zero-order chi connectivity index (χ0) is 8.85. The van der Waals surface area contributed by atoms with Crippen molar-refractivity contribution in [3.63, 3.8) is 0 Å². The van der Waals surface area contributed by atoms with Crippen LogP contribution < -0.4 is 0 Å². The van der Waals surface area contributed by atoms with Gasteiger partial charge in [0.05, 0.1) is 5.57 Å². The molecule has 0 atom stereocenters. The van der Waals surface area contributed by atoms with Crippen molar-refractivity contribution in [1.29, 1.82) is 0 Å². The van der Waals surface area contributed by atoms with Gasteiger partial charge in [0.1, 0.15) is 0 Å². The third-order valence-corrected chi connectivity index (χ3v) is 0.995. The lowest BCUT2D eigenvalue weighted by molar-refractivity contribution is -0.132. The first-order chi connectivity index (χ1) is 5.07. The van der Waals surface area contributed by atoms with E-state index in [0.717, 1.165) is 5.57 Å². The fourth-order valence-corrected chi connectivity index (χ4v) is 0.626. The Balaban J connectivity index is 4.59. The minimum atomic E-state index is -0.925. The highest BCUT2D eigenvalue weighted by Gasteiger charge is 2.00. The SMILES string of the molecule is C=C(C)C=C(C=CC)C(=O)O. The standard InChI is InChI=1S/C9H12O2/c1-4-5-8(9(10)11)6-7(2)3/h4-6H,2H2,1,3H3,(H,10,11). The van der Waals surface area contributed by atoms with Crippen LogP contribution in [0.4, 0.5) is 0 Å². The van der Waals surface area contributed by atoms with Crippen molar-refractivity contribution >= 4 is 5.97 Å². The summed E-state index contributed by atoms with van der Waals surface area (Å²) < 4.78 is 0. The summed E-state index contributed by atoms with van der Waals surface area (Å²) in [5, 5.41) is 8.59. The number of carboxylic acid groups (broad SMARTS) is 1. The normalized spacial score (nSPS) is 12.0. The molecule has 1 N–H and O–H groups in total. The third kappa shape index (κ3) is 4.14. The Labute approximate surface area is 66.5 Å². The van der Waals surface area contributed by atoms with Gasteiger partial charge in [0.2, 0.25) is 0 Å². The lowest BCUT2D eigenvalue weighted by Crippen LogP contribution is -1.97. The maximum Gasteiger partial charge on any atom is 0.335 e. The molecule has 0 bridgehead atoms. The molecule has 0 rings (SSSR count). The minimum absolute atomic E-state index is 0.264. The summed E-state index contributed by atoms with van der Waals surface area (Å²) in [5.74, 6) is -0.925. The number of hydrogen-bond donors (Lipinski definition) is 1. The van der Waals surface area contributed by atoms with Crippen molar-refractivity contribution in [3.05, 3.63) is 36.0 Å². The summed E-state index contributed by atoms with van der Waals surface area (Å²) >= 11 is 0. The lowest BCUT2D eigenvalue weighted by atomic mass is 10.2. The molecule has 0 unspecified atom stereocenters. The zero-order valence-electron chi connectivity index (χ0n) is 6.79. The van der Waals surface area contributed by atoms with E-state index in [0.29, 0.717) is 0 Å². The van der Waals surface area contributed by atoms with E-state index < -0.39 is 5.97 Å². The summed E-state index contributed by atoms with van der Waals surface area (Å²) in [6.07, 6.45) is 4.75. The number of carbonyl (C=O) groups is 1. The number of hydrogen-bond acceptors (Lipinski definition) is 1. The second kappa shape index (κ2) is 4.50. The lowest BCUT2D eigenvalue weighted by Gasteiger charge is -1.93. The molecule has 2 nitrogen and oxygen atoms in total. The van der Waals surface area contributed by atoms with Crippen LogP contribution in [0.1, 0.15) is 13.8 Å². The topological polar surface area (TPSA) is 37.3 Å². The van der Waals surface area contributed by atoms with E-state index >= 15 is 0 Å². The molecule has 11 heavy (non-hydrogen) atoms. The molecule has 0 saturated carbocycles. The zero-order valence-corrected chi connectivity index (χ0v) is 6.79. The van der Waals surface area contributed by atoms with Crippen molar-refractivity contribution in [1.82, 2.24) is 0 Å². The Hall–Kier alpha value is -1.31. The van der Waals surface area contributed by atoms with Gasteiger partial charge in [0.25, 0.3) is 0 Å². The summed E-state index contributed by atoms with van der Waals surface area (Å²) in [6.45, 7) is 7.12. The fraction of sp³-hybridized carbons (Fsp3) is 0.222. The second-order valence-electron chi connectivity index (χ2n) is 2.25. The number of allylic oxidation sites excluding steroid dienone is 3. The Morgan fingerprint density at radius 2 is 2.09 bits per heavy atom. The van der Waals surface area contributed by atoms with E-state index in [-0.39, 0.29) is 5.57 Å². The average molecular weight is 152 g/mol. The highest BCUT2D eigenvalue weighted by Crippen LogP contribution is 2.01. The van der Waals surface area contributed by atoms with Gasteiger partial charge in [-0.05, 0) is 19.9 Å². The van der Waals surface area contributed by atoms with Crippen LogP contribution in [-0.4, -0.2) is 11.1 Å². The molecule has 0 aliphatic heterocycles. The van der Waals surface area contributed by atoms with E-state index in [9.17, 15) is 4.79 Å². The monoisotopic (exact) mass is 152 g/mol. The molecule has 0 spiro atoms. The number of aliphatic carboxylic acids is 1. The Bertz CT molecular complexity index is 222. The molecule has 2 heteroatoms. The molecule has 0 saturated heterocycles. The van der Waals surface area contributed by atoms with Crippen molar-refractivity contribution in [2.24, 2.45) is 0 Å². The van der Waals surface area contributed by atoms with Gasteiger partial charge < -0.3 is 5.11 Å². The quantitative estimate of drug-likeness (QED) is 0.497. The highest BCUT2D eigenvalue weighted by atomic mass is 16.4. The largest absolute Gasteiger partial charge is 0.478 e. The maximum absolute atomic E-state index is 10.5. The van der Waals surface area contributed by atoms with Gasteiger partial charge in [0.15, 0.2) is 0 Å². The first kappa shape index (κ1) is 9.69. The molecule has 0 amide bonds. The van der Waals surface area contributed by atoms with Crippen LogP contribution in [-0.2, 0) is 4.79 Å². The van der Waals surface area contributed by atoms with E-state index in [4.69, 9.17) is 5.11 Å². The minimum Gasteiger partial charge on any atom is -0.478 e. The first-order valence-electron chi connectivity index (χ1n) is 3.31. The smallest absolute Gasteiger partial charge is 0.335 e. The van der Waals surface area contributed by atoms with Gasteiger partial charge in [-0.25, -0.2) is 4.79 Å². The number of carboxylic acids is 1. The second-order valence-corrected chi connectivity index (χ2v) is 2.25. The molecule has 60 valence electrons. The van der Waals surface area contributed by atoms with Crippen LogP contribution in [0.25, 0.3) is 0 Å². The molecule has 0 radical (unpaired) electrons. The molecule has 0 aliphatic carbocycles. The summed E-state index contributed by atoms with van der Waals surface area (Å²) in [6, 6.07) is 0. The highest BCUT2D eigenvalue weighted by molar-refractivity contribution is 5.90. The van der Waals surface area contributed by atoms with Crippen molar-refractivity contribution in [2.45, 2.75) is 13.8 Å². The average Bonchev–Trinajstić information content (AvgIpc) is 1.86. The van der Waals surface area contributed by atoms with E-state index in [1.54, 1.807) is 19.9 Å². The van der Waals surface area contributed by atoms with E-state index in [1.165, 1.54) is 12.2 Å². The molecule has 0 aromatic carbocycles. The van der Waals surface area contributed by atoms with Gasteiger partial charge in [-0.2, -0.15) is 0 Å². The van der Waals surface area contributed by atoms with E-state index in [2.05, 4.69) is 6.58 Å². The molecular weight excluding hydrogens is 140 g/mol. The van der Waals surface area contributed by atoms with Gasteiger partial charge in [-0.15, -0.1) is 0 Å². The fourth-order valence-electron chi connectivity index (χ4n) is 0.626. The Morgan fingerprint density at radius 3 is 2.36 bits per heavy atom. The third-order valence-electron chi connectivity index (χ3n) is 0.995. The summed E-state index contributed by atoms with van der Waals surface area (Å²) in [4.78, 5) is 10.5. The Morgan fingerprint density at radius 1 is 1.55 bits per heavy atom. The molecule has 0 fully saturated rings. The summed E-state index contributed by atoms with van der Waals surface area (Å²) in [5.41, 5.74) is 1.00. The van der Waals surface area contributed by atoms with Crippen LogP contribution >= 0.6 is 0 Å². The van der Waals surface area contributed by atoms with Gasteiger partial charge in [-0.3, -0.25) is 0 Å². The van der Waals surface area contributed by atoms with Crippen LogP contribution in [0.15, 0.2) is 36.0 Å². The predicted molar refractivity (Wildman–Crippen MR) is 45.3 cm³/mol. The maximum atomic E-state index is 10.5. The molecule has 0 aromatic rings. The van der Waals surface area contributed by atoms with Crippen molar-refractivity contribution < 1.29 is 9.90 Å². The molecule has 0 heterocycles. The Kier molecular flexibility index (Phi) is 3.96. The van der Waals surface area contributed by atoms with Gasteiger partial charge in [0, 0.05) is 0 Å². The van der Waals surface area contributed by atoms with Crippen LogP contribution in [0.5, 0.6) is 0 Å². The molecule has 0 aromatic heterocycles. The van der Waals surface area contributed by atoms with Crippen LogP contribution in [0.2, 0.25) is 0 Å². The summed E-state index contributed by atoms with van der Waals surface area (Å²) in [7, 11) is 0. The van der Waals surface area contributed by atoms with Gasteiger partial charge >= 0.3 is 5.97 Å². The van der Waals surface area contributed by atoms with Gasteiger partial charge in [-0.1, -0.05) is 24.3 Å². The predicted octanol–water partition coefficient (Wildman–Crippen LogP) is 2.15. The van der Waals surface area contributed by atoms with Crippen molar-refractivity contribution in [3.8, 4) is 0 Å². The van der Waals surface area contributed by atoms with Crippen LogP contribution in [0.3, 0.4) is 0 Å². The first-order valence-corrected chi connectivity index (χ1v) is 3.31.